The van der Waals surface area contributed by atoms with E-state index in [1.54, 1.807) is 12.4 Å². The minimum absolute atomic E-state index is 0.663. The standard InChI is InChI=1S/C22H13N3O/c1-3-8-17-14(6-1)15-10-11-19-20(16-7-2-4-9-18(16)26-19)21(15)25(17)22-23-12-5-13-24-22/h1-13H. The van der Waals surface area contributed by atoms with E-state index in [0.29, 0.717) is 5.95 Å². The highest BCUT2D eigenvalue weighted by Crippen LogP contribution is 2.39. The molecule has 0 spiro atoms. The van der Waals surface area contributed by atoms with Gasteiger partial charge in [-0.15, -0.1) is 0 Å². The van der Waals surface area contributed by atoms with E-state index < -0.39 is 0 Å². The highest BCUT2D eigenvalue weighted by Gasteiger charge is 2.19. The van der Waals surface area contributed by atoms with Gasteiger partial charge >= 0.3 is 0 Å². The summed E-state index contributed by atoms with van der Waals surface area (Å²) in [4.78, 5) is 9.03. The molecule has 0 saturated heterocycles. The minimum atomic E-state index is 0.663. The number of benzene rings is 3. The van der Waals surface area contributed by atoms with E-state index in [1.807, 2.05) is 30.3 Å². The Balaban J connectivity index is 1.96. The Hall–Kier alpha value is -3.66. The van der Waals surface area contributed by atoms with Gasteiger partial charge in [0.15, 0.2) is 0 Å². The number of hydrogen-bond donors (Lipinski definition) is 0. The maximum atomic E-state index is 6.09. The third kappa shape index (κ3) is 1.68. The lowest BCUT2D eigenvalue weighted by atomic mass is 10.1. The van der Waals surface area contributed by atoms with E-state index in [2.05, 4.69) is 50.9 Å². The van der Waals surface area contributed by atoms with Crippen molar-refractivity contribution < 1.29 is 4.42 Å². The molecule has 0 aliphatic rings. The summed E-state index contributed by atoms with van der Waals surface area (Å²) in [6, 6.07) is 22.5. The summed E-state index contributed by atoms with van der Waals surface area (Å²) in [6.45, 7) is 0. The predicted molar refractivity (Wildman–Crippen MR) is 104 cm³/mol. The van der Waals surface area contributed by atoms with Crippen molar-refractivity contribution in [3.05, 3.63) is 79.1 Å². The van der Waals surface area contributed by atoms with Crippen molar-refractivity contribution in [1.29, 1.82) is 0 Å². The zero-order valence-electron chi connectivity index (χ0n) is 13.8. The number of nitrogens with zero attached hydrogens (tertiary/aromatic N) is 3. The minimum Gasteiger partial charge on any atom is -0.456 e. The van der Waals surface area contributed by atoms with Gasteiger partial charge in [0.25, 0.3) is 0 Å². The van der Waals surface area contributed by atoms with E-state index >= 15 is 0 Å². The maximum absolute atomic E-state index is 6.09. The van der Waals surface area contributed by atoms with Crippen LogP contribution in [0, 0.1) is 0 Å². The van der Waals surface area contributed by atoms with Crippen LogP contribution in [0.1, 0.15) is 0 Å². The Bertz CT molecular complexity index is 1430. The molecule has 122 valence electrons. The number of hydrogen-bond acceptors (Lipinski definition) is 3. The SMILES string of the molecule is c1cnc(-n2c3ccccc3c3ccc4oc5ccccc5c4c32)nc1. The molecule has 0 bridgehead atoms. The summed E-state index contributed by atoms with van der Waals surface area (Å²) in [5.41, 5.74) is 3.94. The van der Waals surface area contributed by atoms with Crippen molar-refractivity contribution in [3.8, 4) is 5.95 Å². The van der Waals surface area contributed by atoms with Crippen LogP contribution in [0.25, 0.3) is 49.7 Å². The fourth-order valence-electron chi connectivity index (χ4n) is 3.88. The molecule has 0 saturated carbocycles. The number of furan rings is 1. The Morgan fingerprint density at radius 1 is 0.654 bits per heavy atom. The van der Waals surface area contributed by atoms with Gasteiger partial charge in [-0.2, -0.15) is 0 Å². The van der Waals surface area contributed by atoms with E-state index in [-0.39, 0.29) is 0 Å². The summed E-state index contributed by atoms with van der Waals surface area (Å²) in [5.74, 6) is 0.663. The van der Waals surface area contributed by atoms with E-state index in [1.165, 1.54) is 10.8 Å². The van der Waals surface area contributed by atoms with Crippen LogP contribution in [0.4, 0.5) is 0 Å². The van der Waals surface area contributed by atoms with Crippen LogP contribution in [-0.2, 0) is 0 Å². The monoisotopic (exact) mass is 335 g/mol. The Morgan fingerprint density at radius 2 is 1.42 bits per heavy atom. The summed E-state index contributed by atoms with van der Waals surface area (Å²) < 4.78 is 8.23. The molecule has 0 atom stereocenters. The molecule has 0 N–H and O–H groups in total. The van der Waals surface area contributed by atoms with Gasteiger partial charge in [-0.25, -0.2) is 9.97 Å². The van der Waals surface area contributed by atoms with Crippen LogP contribution >= 0.6 is 0 Å². The zero-order chi connectivity index (χ0) is 17.1. The average Bonchev–Trinajstić information content (AvgIpc) is 3.24. The summed E-state index contributed by atoms with van der Waals surface area (Å²) in [6.07, 6.45) is 3.55. The predicted octanol–water partition coefficient (Wildman–Crippen LogP) is 5.47. The molecule has 0 amide bonds. The van der Waals surface area contributed by atoms with Crippen LogP contribution in [-0.4, -0.2) is 14.5 Å². The fraction of sp³-hybridized carbons (Fsp3) is 0. The molecular formula is C22H13N3O. The van der Waals surface area contributed by atoms with Gasteiger partial charge in [-0.3, -0.25) is 4.57 Å². The molecular weight excluding hydrogens is 322 g/mol. The van der Waals surface area contributed by atoms with Crippen molar-refractivity contribution in [2.24, 2.45) is 0 Å². The van der Waals surface area contributed by atoms with Gasteiger partial charge in [0.05, 0.1) is 16.4 Å². The third-order valence-electron chi connectivity index (χ3n) is 4.93. The third-order valence-corrected chi connectivity index (χ3v) is 4.93. The van der Waals surface area contributed by atoms with E-state index in [4.69, 9.17) is 4.42 Å². The van der Waals surface area contributed by atoms with Crippen molar-refractivity contribution >= 4 is 43.7 Å². The second-order valence-corrected chi connectivity index (χ2v) is 6.33. The smallest absolute Gasteiger partial charge is 0.234 e. The summed E-state index contributed by atoms with van der Waals surface area (Å²) in [7, 11) is 0. The first kappa shape index (κ1) is 13.6. The number of aromatic nitrogens is 3. The molecule has 0 fully saturated rings. The largest absolute Gasteiger partial charge is 0.456 e. The van der Waals surface area contributed by atoms with Gasteiger partial charge in [0, 0.05) is 28.6 Å². The Labute approximate surface area is 148 Å². The lowest BCUT2D eigenvalue weighted by Gasteiger charge is -2.05. The first-order chi connectivity index (χ1) is 12.9. The quantitative estimate of drug-likeness (QED) is 0.400. The fourth-order valence-corrected chi connectivity index (χ4v) is 3.88. The molecule has 3 aromatic heterocycles. The van der Waals surface area contributed by atoms with Gasteiger partial charge < -0.3 is 4.42 Å². The molecule has 0 aliphatic heterocycles. The molecule has 26 heavy (non-hydrogen) atoms. The second-order valence-electron chi connectivity index (χ2n) is 6.33. The summed E-state index contributed by atoms with van der Waals surface area (Å²) >= 11 is 0. The summed E-state index contributed by atoms with van der Waals surface area (Å²) in [5, 5.41) is 4.56. The zero-order valence-corrected chi connectivity index (χ0v) is 13.8. The highest BCUT2D eigenvalue weighted by atomic mass is 16.3. The van der Waals surface area contributed by atoms with Crippen molar-refractivity contribution in [3.63, 3.8) is 0 Å². The Kier molecular flexibility index (Phi) is 2.58. The van der Waals surface area contributed by atoms with Crippen molar-refractivity contribution in [1.82, 2.24) is 14.5 Å². The van der Waals surface area contributed by atoms with Crippen LogP contribution < -0.4 is 0 Å². The average molecular weight is 335 g/mol. The van der Waals surface area contributed by atoms with Gasteiger partial charge in [-0.1, -0.05) is 36.4 Å². The van der Waals surface area contributed by atoms with Crippen LogP contribution in [0.3, 0.4) is 0 Å². The Morgan fingerprint density at radius 3 is 2.31 bits per heavy atom. The number of para-hydroxylation sites is 2. The molecule has 0 unspecified atom stereocenters. The molecule has 3 heterocycles. The second kappa shape index (κ2) is 4.92. The molecule has 4 heteroatoms. The van der Waals surface area contributed by atoms with Crippen LogP contribution in [0.5, 0.6) is 0 Å². The van der Waals surface area contributed by atoms with Crippen LogP contribution in [0.2, 0.25) is 0 Å². The topological polar surface area (TPSA) is 43.9 Å². The van der Waals surface area contributed by atoms with Gasteiger partial charge in [-0.05, 0) is 30.3 Å². The molecule has 3 aromatic carbocycles. The van der Waals surface area contributed by atoms with Gasteiger partial charge in [0.2, 0.25) is 5.95 Å². The van der Waals surface area contributed by atoms with Gasteiger partial charge in [0.1, 0.15) is 11.2 Å². The van der Waals surface area contributed by atoms with E-state index in [9.17, 15) is 0 Å². The maximum Gasteiger partial charge on any atom is 0.234 e. The first-order valence-corrected chi connectivity index (χ1v) is 8.52. The molecule has 0 aliphatic carbocycles. The van der Waals surface area contributed by atoms with Crippen LogP contribution in [0.15, 0.2) is 83.5 Å². The lowest BCUT2D eigenvalue weighted by Crippen LogP contribution is -1.99. The number of fused-ring (bicyclic) bond motifs is 7. The molecule has 0 radical (unpaired) electrons. The molecule has 6 aromatic rings. The first-order valence-electron chi connectivity index (χ1n) is 8.52. The van der Waals surface area contributed by atoms with Crippen molar-refractivity contribution in [2.75, 3.05) is 0 Å². The van der Waals surface area contributed by atoms with E-state index in [0.717, 1.165) is 33.0 Å². The molecule has 6 rings (SSSR count). The highest BCUT2D eigenvalue weighted by molar-refractivity contribution is 6.24. The normalized spacial score (nSPS) is 11.8. The number of rotatable bonds is 1. The van der Waals surface area contributed by atoms with Crippen molar-refractivity contribution in [2.45, 2.75) is 0 Å². The lowest BCUT2D eigenvalue weighted by molar-refractivity contribution is 0.669. The molecule has 4 nitrogen and oxygen atoms in total.